The Bertz CT molecular complexity index is 770. The summed E-state index contributed by atoms with van der Waals surface area (Å²) in [6, 6.07) is 16.4. The molecule has 6 heteroatoms. The third-order valence-corrected chi connectivity index (χ3v) is 3.80. The Morgan fingerprint density at radius 3 is 2.45 bits per heavy atom. The number of hydrogen-bond donors (Lipinski definition) is 1. The van der Waals surface area contributed by atoms with E-state index in [9.17, 15) is 4.79 Å². The summed E-state index contributed by atoms with van der Waals surface area (Å²) in [4.78, 5) is 12.2. The Morgan fingerprint density at radius 1 is 1.05 bits per heavy atom. The van der Waals surface area contributed by atoms with E-state index >= 15 is 0 Å². The first-order valence-electron chi connectivity index (χ1n) is 6.57. The van der Waals surface area contributed by atoms with E-state index in [4.69, 9.17) is 9.52 Å². The normalized spacial score (nSPS) is 10.6. The highest BCUT2D eigenvalue weighted by molar-refractivity contribution is 7.99. The highest BCUT2D eigenvalue weighted by atomic mass is 32.2. The Kier molecular flexibility index (Phi) is 4.32. The van der Waals surface area contributed by atoms with E-state index in [1.165, 1.54) is 11.8 Å². The monoisotopic (exact) mass is 312 g/mol. The van der Waals surface area contributed by atoms with E-state index in [2.05, 4.69) is 10.2 Å². The van der Waals surface area contributed by atoms with Gasteiger partial charge in [0.1, 0.15) is 6.61 Å². The molecule has 0 saturated carbocycles. The molecule has 5 nitrogen and oxygen atoms in total. The van der Waals surface area contributed by atoms with Crippen molar-refractivity contribution in [1.82, 2.24) is 10.2 Å². The van der Waals surface area contributed by atoms with Crippen molar-refractivity contribution >= 4 is 17.5 Å². The minimum absolute atomic E-state index is 0.305. The highest BCUT2D eigenvalue weighted by Crippen LogP contribution is 2.29. The Balaban J connectivity index is 1.74. The largest absolute Gasteiger partial charge is 0.411 e. The summed E-state index contributed by atoms with van der Waals surface area (Å²) in [5, 5.41) is 17.3. The maximum atomic E-state index is 11.3. The van der Waals surface area contributed by atoms with Gasteiger partial charge in [-0.2, -0.15) is 0 Å². The molecule has 22 heavy (non-hydrogen) atoms. The standard InChI is InChI=1S/C16H12N2O3S/c19-10-14(20)11-6-8-13(9-7-11)22-16-18-17-15(21-16)12-4-2-1-3-5-12/h1-9,19H,10H2. The van der Waals surface area contributed by atoms with Crippen LogP contribution >= 0.6 is 11.8 Å². The number of benzene rings is 2. The molecule has 0 spiro atoms. The van der Waals surface area contributed by atoms with Gasteiger partial charge in [0.25, 0.3) is 5.22 Å². The number of Topliss-reactive ketones (excluding diaryl/α,β-unsaturated/α-hetero) is 1. The van der Waals surface area contributed by atoms with Crippen LogP contribution in [0.15, 0.2) is 69.1 Å². The molecule has 0 fully saturated rings. The second kappa shape index (κ2) is 6.55. The first-order valence-corrected chi connectivity index (χ1v) is 7.39. The van der Waals surface area contributed by atoms with Gasteiger partial charge in [-0.3, -0.25) is 4.79 Å². The summed E-state index contributed by atoms with van der Waals surface area (Å²) in [5.41, 5.74) is 1.34. The van der Waals surface area contributed by atoms with Gasteiger partial charge in [0.15, 0.2) is 5.78 Å². The van der Waals surface area contributed by atoms with E-state index in [1.54, 1.807) is 24.3 Å². The average molecular weight is 312 g/mol. The quantitative estimate of drug-likeness (QED) is 0.730. The smallest absolute Gasteiger partial charge is 0.281 e. The zero-order valence-corrected chi connectivity index (χ0v) is 12.3. The maximum Gasteiger partial charge on any atom is 0.281 e. The molecule has 1 N–H and O–H groups in total. The van der Waals surface area contributed by atoms with Crippen LogP contribution in [0, 0.1) is 0 Å². The van der Waals surface area contributed by atoms with E-state index in [0.29, 0.717) is 16.7 Å². The summed E-state index contributed by atoms with van der Waals surface area (Å²) in [6.45, 7) is -0.489. The number of rotatable bonds is 5. The zero-order chi connectivity index (χ0) is 15.4. The summed E-state index contributed by atoms with van der Waals surface area (Å²) in [6.07, 6.45) is 0. The molecule has 0 aliphatic rings. The van der Waals surface area contributed by atoms with Crippen molar-refractivity contribution in [3.8, 4) is 11.5 Å². The van der Waals surface area contributed by atoms with Gasteiger partial charge in [-0.05, 0) is 36.0 Å². The molecule has 110 valence electrons. The molecule has 0 amide bonds. The van der Waals surface area contributed by atoms with Crippen LogP contribution in [0.5, 0.6) is 0 Å². The Labute approximate surface area is 131 Å². The van der Waals surface area contributed by atoms with E-state index in [-0.39, 0.29) is 5.78 Å². The van der Waals surface area contributed by atoms with Crippen LogP contribution in [0.2, 0.25) is 0 Å². The van der Waals surface area contributed by atoms with Crippen molar-refractivity contribution in [2.75, 3.05) is 6.61 Å². The summed E-state index contributed by atoms with van der Waals surface area (Å²) in [5.74, 6) is 0.163. The highest BCUT2D eigenvalue weighted by Gasteiger charge is 2.10. The van der Waals surface area contributed by atoms with Gasteiger partial charge in [0.05, 0.1) is 0 Å². The van der Waals surface area contributed by atoms with Crippen molar-refractivity contribution in [1.29, 1.82) is 0 Å². The topological polar surface area (TPSA) is 76.2 Å². The fourth-order valence-electron chi connectivity index (χ4n) is 1.85. The lowest BCUT2D eigenvalue weighted by atomic mass is 10.1. The third-order valence-electron chi connectivity index (χ3n) is 2.95. The minimum Gasteiger partial charge on any atom is -0.411 e. The molecule has 1 aromatic heterocycles. The number of aliphatic hydroxyl groups excluding tert-OH is 1. The number of carbonyl (C=O) groups is 1. The molecule has 0 radical (unpaired) electrons. The van der Waals surface area contributed by atoms with Crippen LogP contribution in [0.3, 0.4) is 0 Å². The predicted molar refractivity (Wildman–Crippen MR) is 81.7 cm³/mol. The van der Waals surface area contributed by atoms with Crippen LogP contribution in [-0.4, -0.2) is 27.7 Å². The van der Waals surface area contributed by atoms with Gasteiger partial charge in [-0.1, -0.05) is 30.3 Å². The SMILES string of the molecule is O=C(CO)c1ccc(Sc2nnc(-c3ccccc3)o2)cc1. The molecule has 3 aromatic rings. The van der Waals surface area contributed by atoms with E-state index in [0.717, 1.165) is 10.5 Å². The van der Waals surface area contributed by atoms with Crippen LogP contribution in [0.1, 0.15) is 10.4 Å². The van der Waals surface area contributed by atoms with Crippen LogP contribution in [0.4, 0.5) is 0 Å². The number of hydrogen-bond acceptors (Lipinski definition) is 6. The fraction of sp³-hybridized carbons (Fsp3) is 0.0625. The molecule has 3 rings (SSSR count). The molecule has 0 aliphatic heterocycles. The van der Waals surface area contributed by atoms with Crippen molar-refractivity contribution < 1.29 is 14.3 Å². The van der Waals surface area contributed by atoms with Crippen LogP contribution < -0.4 is 0 Å². The van der Waals surface area contributed by atoms with Gasteiger partial charge in [0.2, 0.25) is 5.89 Å². The molecule has 2 aromatic carbocycles. The number of carbonyl (C=O) groups excluding carboxylic acids is 1. The summed E-state index contributed by atoms with van der Waals surface area (Å²) in [7, 11) is 0. The average Bonchev–Trinajstić information content (AvgIpc) is 3.04. The van der Waals surface area contributed by atoms with Crippen LogP contribution in [-0.2, 0) is 0 Å². The zero-order valence-electron chi connectivity index (χ0n) is 11.5. The summed E-state index contributed by atoms with van der Waals surface area (Å²) < 4.78 is 5.61. The molecular weight excluding hydrogens is 300 g/mol. The van der Waals surface area contributed by atoms with Gasteiger partial charge in [-0.15, -0.1) is 10.2 Å². The van der Waals surface area contributed by atoms with Gasteiger partial charge in [0, 0.05) is 16.0 Å². The third kappa shape index (κ3) is 3.24. The fourth-order valence-corrected chi connectivity index (χ4v) is 2.53. The number of aromatic nitrogens is 2. The Morgan fingerprint density at radius 2 is 1.77 bits per heavy atom. The predicted octanol–water partition coefficient (Wildman–Crippen LogP) is 3.06. The molecule has 0 unspecified atom stereocenters. The molecule has 0 saturated heterocycles. The van der Waals surface area contributed by atoms with Crippen molar-refractivity contribution in [3.05, 3.63) is 60.2 Å². The van der Waals surface area contributed by atoms with E-state index < -0.39 is 6.61 Å². The van der Waals surface area contributed by atoms with Crippen molar-refractivity contribution in [2.24, 2.45) is 0 Å². The van der Waals surface area contributed by atoms with Crippen LogP contribution in [0.25, 0.3) is 11.5 Å². The van der Waals surface area contributed by atoms with Gasteiger partial charge >= 0.3 is 0 Å². The molecule has 0 aliphatic carbocycles. The van der Waals surface area contributed by atoms with Gasteiger partial charge < -0.3 is 9.52 Å². The van der Waals surface area contributed by atoms with E-state index in [1.807, 2.05) is 30.3 Å². The van der Waals surface area contributed by atoms with Crippen molar-refractivity contribution in [2.45, 2.75) is 10.1 Å². The second-order valence-corrected chi connectivity index (χ2v) is 5.47. The lowest BCUT2D eigenvalue weighted by Crippen LogP contribution is -2.03. The minimum atomic E-state index is -0.489. The first-order chi connectivity index (χ1) is 10.8. The number of aliphatic hydroxyl groups is 1. The first kappa shape index (κ1) is 14.5. The maximum absolute atomic E-state index is 11.3. The number of ketones is 1. The van der Waals surface area contributed by atoms with Crippen molar-refractivity contribution in [3.63, 3.8) is 0 Å². The number of nitrogens with zero attached hydrogens (tertiary/aromatic N) is 2. The molecule has 1 heterocycles. The van der Waals surface area contributed by atoms with Gasteiger partial charge in [-0.25, -0.2) is 0 Å². The molecule has 0 atom stereocenters. The lowest BCUT2D eigenvalue weighted by molar-refractivity contribution is 0.0903. The second-order valence-electron chi connectivity index (χ2n) is 4.45. The molecular formula is C16H12N2O3S. The Hall–Kier alpha value is -2.44. The lowest BCUT2D eigenvalue weighted by Gasteiger charge is -1.99. The summed E-state index contributed by atoms with van der Waals surface area (Å²) >= 11 is 1.32. The molecule has 0 bridgehead atoms.